The maximum Gasteiger partial charge on any atom is 0.223 e. The number of nitrogens with zero attached hydrogens (tertiary/aromatic N) is 1. The molecular weight excluding hydrogens is 174 g/mol. The molecule has 0 spiro atoms. The largest absolute Gasteiger partial charge is 0.312 e. The molecule has 1 aliphatic heterocycles. The Morgan fingerprint density at radius 3 is 2.93 bits per heavy atom. The first kappa shape index (κ1) is 9.25. The maximum absolute atomic E-state index is 11.3. The summed E-state index contributed by atoms with van der Waals surface area (Å²) in [6.07, 6.45) is 2.03. The molecule has 74 valence electrons. The van der Waals surface area contributed by atoms with E-state index in [9.17, 15) is 4.79 Å². The van der Waals surface area contributed by atoms with Gasteiger partial charge in [0.05, 0.1) is 0 Å². The number of carbonyl (C=O) groups excluding carboxylic acids is 1. The normalized spacial score (nSPS) is 14.3. The van der Waals surface area contributed by atoms with Crippen molar-refractivity contribution < 1.29 is 4.79 Å². The molecule has 0 aliphatic carbocycles. The van der Waals surface area contributed by atoms with Crippen molar-refractivity contribution in [2.75, 3.05) is 11.4 Å². The van der Waals surface area contributed by atoms with Crippen molar-refractivity contribution in [1.29, 1.82) is 0 Å². The lowest BCUT2D eigenvalue weighted by Crippen LogP contribution is -2.25. The zero-order valence-electron chi connectivity index (χ0n) is 8.71. The second kappa shape index (κ2) is 3.45. The fourth-order valence-electron chi connectivity index (χ4n) is 1.97. The molecule has 2 rings (SSSR count). The van der Waals surface area contributed by atoms with Crippen LogP contribution in [0.1, 0.15) is 25.0 Å². The number of carbonyl (C=O) groups is 1. The van der Waals surface area contributed by atoms with Crippen molar-refractivity contribution in [3.63, 3.8) is 0 Å². The maximum atomic E-state index is 11.3. The van der Waals surface area contributed by atoms with Crippen molar-refractivity contribution in [3.05, 3.63) is 29.3 Å². The number of fused-ring (bicyclic) bond motifs is 1. The Kier molecular flexibility index (Phi) is 2.28. The van der Waals surface area contributed by atoms with E-state index in [1.54, 1.807) is 6.92 Å². The van der Waals surface area contributed by atoms with Gasteiger partial charge in [-0.3, -0.25) is 4.79 Å². The molecule has 1 aliphatic rings. The van der Waals surface area contributed by atoms with Gasteiger partial charge in [-0.05, 0) is 30.0 Å². The molecule has 0 atom stereocenters. The van der Waals surface area contributed by atoms with Gasteiger partial charge in [0.25, 0.3) is 0 Å². The smallest absolute Gasteiger partial charge is 0.223 e. The van der Waals surface area contributed by atoms with Crippen LogP contribution in [0.15, 0.2) is 18.2 Å². The van der Waals surface area contributed by atoms with Crippen molar-refractivity contribution in [3.8, 4) is 0 Å². The SMILES string of the molecule is CCc1ccc2c(c1)N(C(C)=O)CC2. The second-order valence-corrected chi connectivity index (χ2v) is 3.74. The number of rotatable bonds is 1. The van der Waals surface area contributed by atoms with Crippen molar-refractivity contribution in [1.82, 2.24) is 0 Å². The van der Waals surface area contributed by atoms with Crippen molar-refractivity contribution in [2.45, 2.75) is 26.7 Å². The molecule has 0 aromatic heterocycles. The Morgan fingerprint density at radius 2 is 2.29 bits per heavy atom. The van der Waals surface area contributed by atoms with Gasteiger partial charge in [0.15, 0.2) is 0 Å². The summed E-state index contributed by atoms with van der Waals surface area (Å²) in [4.78, 5) is 13.2. The summed E-state index contributed by atoms with van der Waals surface area (Å²) in [6, 6.07) is 6.45. The van der Waals surface area contributed by atoms with Crippen LogP contribution in [0.25, 0.3) is 0 Å². The van der Waals surface area contributed by atoms with Gasteiger partial charge in [-0.25, -0.2) is 0 Å². The molecule has 14 heavy (non-hydrogen) atoms. The predicted octanol–water partition coefficient (Wildman–Crippen LogP) is 2.16. The third-order valence-electron chi connectivity index (χ3n) is 2.83. The van der Waals surface area contributed by atoms with Crippen LogP contribution in [-0.2, 0) is 17.6 Å². The topological polar surface area (TPSA) is 20.3 Å². The van der Waals surface area contributed by atoms with Gasteiger partial charge in [0.2, 0.25) is 5.91 Å². The van der Waals surface area contributed by atoms with E-state index in [4.69, 9.17) is 0 Å². The van der Waals surface area contributed by atoms with Crippen molar-refractivity contribution >= 4 is 11.6 Å². The van der Waals surface area contributed by atoms with E-state index in [-0.39, 0.29) is 5.91 Å². The number of hydrogen-bond acceptors (Lipinski definition) is 1. The number of amides is 1. The summed E-state index contributed by atoms with van der Waals surface area (Å²) in [7, 11) is 0. The molecule has 1 heterocycles. The predicted molar refractivity (Wildman–Crippen MR) is 57.6 cm³/mol. The molecule has 1 aromatic carbocycles. The summed E-state index contributed by atoms with van der Waals surface area (Å²) >= 11 is 0. The fraction of sp³-hybridized carbons (Fsp3) is 0.417. The Morgan fingerprint density at radius 1 is 1.50 bits per heavy atom. The lowest BCUT2D eigenvalue weighted by Gasteiger charge is -2.15. The zero-order valence-corrected chi connectivity index (χ0v) is 8.71. The highest BCUT2D eigenvalue weighted by atomic mass is 16.2. The van der Waals surface area contributed by atoms with Gasteiger partial charge in [-0.1, -0.05) is 19.1 Å². The summed E-state index contributed by atoms with van der Waals surface area (Å²) < 4.78 is 0. The lowest BCUT2D eigenvalue weighted by molar-refractivity contribution is -0.116. The second-order valence-electron chi connectivity index (χ2n) is 3.74. The summed E-state index contributed by atoms with van der Waals surface area (Å²) in [6.45, 7) is 4.61. The summed E-state index contributed by atoms with van der Waals surface area (Å²) in [5.41, 5.74) is 3.73. The van der Waals surface area contributed by atoms with E-state index in [0.29, 0.717) is 0 Å². The molecule has 0 fully saturated rings. The molecule has 0 saturated heterocycles. The number of anilines is 1. The van der Waals surface area contributed by atoms with Gasteiger partial charge in [-0.2, -0.15) is 0 Å². The Balaban J connectivity index is 2.41. The van der Waals surface area contributed by atoms with E-state index < -0.39 is 0 Å². The molecule has 0 N–H and O–H groups in total. The van der Waals surface area contributed by atoms with E-state index in [2.05, 4.69) is 25.1 Å². The van der Waals surface area contributed by atoms with Crippen LogP contribution in [0.5, 0.6) is 0 Å². The van der Waals surface area contributed by atoms with Crippen LogP contribution in [0.3, 0.4) is 0 Å². The third kappa shape index (κ3) is 1.41. The van der Waals surface area contributed by atoms with Crippen LogP contribution < -0.4 is 4.90 Å². The van der Waals surface area contributed by atoms with E-state index in [0.717, 1.165) is 25.1 Å². The minimum absolute atomic E-state index is 0.150. The minimum Gasteiger partial charge on any atom is -0.312 e. The average molecular weight is 189 g/mol. The number of benzene rings is 1. The molecule has 0 radical (unpaired) electrons. The lowest BCUT2D eigenvalue weighted by atomic mass is 10.1. The monoisotopic (exact) mass is 189 g/mol. The van der Waals surface area contributed by atoms with E-state index >= 15 is 0 Å². The third-order valence-corrected chi connectivity index (χ3v) is 2.83. The van der Waals surface area contributed by atoms with E-state index in [1.165, 1.54) is 11.1 Å². The molecule has 0 bridgehead atoms. The van der Waals surface area contributed by atoms with E-state index in [1.807, 2.05) is 4.90 Å². The highest BCUT2D eigenvalue weighted by Gasteiger charge is 2.21. The molecule has 0 saturated carbocycles. The molecular formula is C12H15NO. The Labute approximate surface area is 84.5 Å². The highest BCUT2D eigenvalue weighted by Crippen LogP contribution is 2.29. The van der Waals surface area contributed by atoms with Crippen LogP contribution >= 0.6 is 0 Å². The first-order chi connectivity index (χ1) is 6.72. The molecule has 1 aromatic rings. The molecule has 2 heteroatoms. The zero-order chi connectivity index (χ0) is 10.1. The quantitative estimate of drug-likeness (QED) is 0.663. The highest BCUT2D eigenvalue weighted by molar-refractivity contribution is 5.93. The molecule has 1 amide bonds. The first-order valence-corrected chi connectivity index (χ1v) is 5.12. The van der Waals surface area contributed by atoms with Gasteiger partial charge >= 0.3 is 0 Å². The van der Waals surface area contributed by atoms with Gasteiger partial charge in [0.1, 0.15) is 0 Å². The fourth-order valence-corrected chi connectivity index (χ4v) is 1.97. The number of hydrogen-bond donors (Lipinski definition) is 0. The van der Waals surface area contributed by atoms with Gasteiger partial charge in [-0.15, -0.1) is 0 Å². The van der Waals surface area contributed by atoms with Crippen LogP contribution in [-0.4, -0.2) is 12.5 Å². The van der Waals surface area contributed by atoms with Gasteiger partial charge in [0, 0.05) is 19.2 Å². The number of aryl methyl sites for hydroxylation is 1. The van der Waals surface area contributed by atoms with Crippen molar-refractivity contribution in [2.24, 2.45) is 0 Å². The van der Waals surface area contributed by atoms with Crippen LogP contribution in [0, 0.1) is 0 Å². The first-order valence-electron chi connectivity index (χ1n) is 5.12. The minimum atomic E-state index is 0.150. The van der Waals surface area contributed by atoms with Gasteiger partial charge < -0.3 is 4.90 Å². The standard InChI is InChI=1S/C12H15NO/c1-3-10-4-5-11-6-7-13(9(2)14)12(11)8-10/h4-5,8H,3,6-7H2,1-2H3. The van der Waals surface area contributed by atoms with Crippen LogP contribution in [0.2, 0.25) is 0 Å². The molecule has 0 unspecified atom stereocenters. The Hall–Kier alpha value is -1.31. The summed E-state index contributed by atoms with van der Waals surface area (Å²) in [5, 5.41) is 0. The average Bonchev–Trinajstić information content (AvgIpc) is 2.59. The van der Waals surface area contributed by atoms with Crippen LogP contribution in [0.4, 0.5) is 5.69 Å². The Bertz CT molecular complexity index is 371. The molecule has 2 nitrogen and oxygen atoms in total. The summed E-state index contributed by atoms with van der Waals surface area (Å²) in [5.74, 6) is 0.150.